The van der Waals surface area contributed by atoms with Crippen LogP contribution in [0.1, 0.15) is 12.5 Å². The fraction of sp³-hybridized carbons (Fsp3) is 0.500. The van der Waals surface area contributed by atoms with Crippen molar-refractivity contribution in [1.82, 2.24) is 4.90 Å². The summed E-state index contributed by atoms with van der Waals surface area (Å²) in [7, 11) is 1.28. The number of para-hydroxylation sites is 1. The van der Waals surface area contributed by atoms with Crippen LogP contribution in [0.25, 0.3) is 0 Å². The number of methoxy groups -OCH3 is 1. The van der Waals surface area contributed by atoms with Gasteiger partial charge in [0.1, 0.15) is 12.4 Å². The molecule has 0 saturated carbocycles. The number of aliphatic hydroxyl groups is 1. The molecule has 19 heavy (non-hydrogen) atoms. The summed E-state index contributed by atoms with van der Waals surface area (Å²) in [5, 5.41) is 10.1. The number of hydrogen-bond acceptors (Lipinski definition) is 5. The lowest BCUT2D eigenvalue weighted by Gasteiger charge is -2.28. The molecule has 5 heteroatoms. The van der Waals surface area contributed by atoms with Gasteiger partial charge in [0.2, 0.25) is 0 Å². The highest BCUT2D eigenvalue weighted by Crippen LogP contribution is 2.23. The van der Waals surface area contributed by atoms with Gasteiger partial charge in [-0.2, -0.15) is 0 Å². The average Bonchev–Trinajstić information content (AvgIpc) is 2.58. The van der Waals surface area contributed by atoms with Gasteiger partial charge in [0.15, 0.2) is 5.60 Å². The maximum atomic E-state index is 11.5. The van der Waals surface area contributed by atoms with Crippen LogP contribution < -0.4 is 4.74 Å². The number of β-amino-alcohol motifs (C(OH)–C–C–N with tert-alkyl or cyclic N) is 1. The van der Waals surface area contributed by atoms with Crippen LogP contribution in [0.15, 0.2) is 24.3 Å². The molecule has 0 bridgehead atoms. The minimum Gasteiger partial charge on any atom is -0.492 e. The molecule has 0 aromatic heterocycles. The van der Waals surface area contributed by atoms with Gasteiger partial charge >= 0.3 is 5.97 Å². The summed E-state index contributed by atoms with van der Waals surface area (Å²) < 4.78 is 10.3. The van der Waals surface area contributed by atoms with Crippen molar-refractivity contribution in [3.63, 3.8) is 0 Å². The smallest absolute Gasteiger partial charge is 0.338 e. The Morgan fingerprint density at radius 3 is 3.00 bits per heavy atom. The molecule has 1 heterocycles. The number of benzene rings is 1. The molecular weight excluding hydrogens is 246 g/mol. The summed E-state index contributed by atoms with van der Waals surface area (Å²) in [6.07, 6.45) is 0. The van der Waals surface area contributed by atoms with E-state index < -0.39 is 11.6 Å². The largest absolute Gasteiger partial charge is 0.492 e. The van der Waals surface area contributed by atoms with Gasteiger partial charge < -0.3 is 14.6 Å². The number of ether oxygens (including phenoxy) is 2. The molecule has 0 fully saturated rings. The number of rotatable bonds is 3. The Balaban J connectivity index is 2.09. The normalized spacial score (nSPS) is 18.7. The van der Waals surface area contributed by atoms with Crippen LogP contribution in [0.2, 0.25) is 0 Å². The van der Waals surface area contributed by atoms with Crippen molar-refractivity contribution >= 4 is 5.97 Å². The fourth-order valence-electron chi connectivity index (χ4n) is 2.23. The van der Waals surface area contributed by atoms with Crippen LogP contribution in [0.3, 0.4) is 0 Å². The lowest BCUT2D eigenvalue weighted by atomic mass is 10.1. The van der Waals surface area contributed by atoms with Gasteiger partial charge in [-0.1, -0.05) is 18.2 Å². The summed E-state index contributed by atoms with van der Waals surface area (Å²) >= 11 is 0. The third kappa shape index (κ3) is 3.24. The highest BCUT2D eigenvalue weighted by molar-refractivity contribution is 5.78. The topological polar surface area (TPSA) is 59.0 Å². The summed E-state index contributed by atoms with van der Waals surface area (Å²) in [5.74, 6) is 0.244. The van der Waals surface area contributed by atoms with E-state index in [-0.39, 0.29) is 6.54 Å². The minimum absolute atomic E-state index is 0.220. The van der Waals surface area contributed by atoms with Crippen molar-refractivity contribution in [3.8, 4) is 5.75 Å². The lowest BCUT2D eigenvalue weighted by molar-refractivity contribution is -0.162. The van der Waals surface area contributed by atoms with E-state index in [4.69, 9.17) is 4.74 Å². The number of fused-ring (bicyclic) bond motifs is 1. The number of hydrogen-bond donors (Lipinski definition) is 1. The molecule has 2 rings (SSSR count). The molecule has 1 aliphatic heterocycles. The van der Waals surface area contributed by atoms with E-state index in [1.165, 1.54) is 14.0 Å². The second-order valence-corrected chi connectivity index (χ2v) is 4.93. The molecule has 1 aromatic rings. The molecule has 0 saturated heterocycles. The van der Waals surface area contributed by atoms with Gasteiger partial charge in [-0.25, -0.2) is 4.79 Å². The Morgan fingerprint density at radius 2 is 2.26 bits per heavy atom. The zero-order valence-electron chi connectivity index (χ0n) is 11.3. The Hall–Kier alpha value is -1.59. The molecule has 1 N–H and O–H groups in total. The van der Waals surface area contributed by atoms with Crippen molar-refractivity contribution in [1.29, 1.82) is 0 Å². The number of carbonyl (C=O) groups excluding carboxylic acids is 1. The number of nitrogens with zero attached hydrogens (tertiary/aromatic N) is 1. The monoisotopic (exact) mass is 265 g/mol. The van der Waals surface area contributed by atoms with Crippen LogP contribution in [0, 0.1) is 0 Å². The molecule has 5 nitrogen and oxygen atoms in total. The molecule has 0 radical (unpaired) electrons. The lowest BCUT2D eigenvalue weighted by Crippen LogP contribution is -2.47. The second kappa shape index (κ2) is 5.59. The van der Waals surface area contributed by atoms with Crippen LogP contribution >= 0.6 is 0 Å². The Bertz CT molecular complexity index is 459. The van der Waals surface area contributed by atoms with E-state index in [1.54, 1.807) is 0 Å². The predicted octanol–water partition coefficient (Wildman–Crippen LogP) is 0.805. The summed E-state index contributed by atoms with van der Waals surface area (Å²) in [4.78, 5) is 13.5. The Labute approximate surface area is 112 Å². The first-order valence-corrected chi connectivity index (χ1v) is 6.27. The van der Waals surface area contributed by atoms with Crippen LogP contribution in [-0.4, -0.2) is 48.4 Å². The van der Waals surface area contributed by atoms with Crippen molar-refractivity contribution in [2.45, 2.75) is 19.1 Å². The molecule has 104 valence electrons. The third-order valence-electron chi connectivity index (χ3n) is 3.19. The van der Waals surface area contributed by atoms with E-state index in [0.717, 1.165) is 11.3 Å². The fourth-order valence-corrected chi connectivity index (χ4v) is 2.23. The molecule has 0 amide bonds. The SMILES string of the molecule is COC(=O)C(C)(O)CN1CCOc2ccccc2C1. The molecule has 1 atom stereocenters. The van der Waals surface area contributed by atoms with Crippen molar-refractivity contribution in [2.75, 3.05) is 26.8 Å². The van der Waals surface area contributed by atoms with Gasteiger partial charge in [-0.3, -0.25) is 4.90 Å². The van der Waals surface area contributed by atoms with Crippen molar-refractivity contribution < 1.29 is 19.4 Å². The van der Waals surface area contributed by atoms with Crippen LogP contribution in [-0.2, 0) is 16.1 Å². The Kier molecular flexibility index (Phi) is 4.07. The Morgan fingerprint density at radius 1 is 1.53 bits per heavy atom. The maximum absolute atomic E-state index is 11.5. The number of carbonyl (C=O) groups is 1. The minimum atomic E-state index is -1.51. The van der Waals surface area contributed by atoms with Gasteiger partial charge in [-0.15, -0.1) is 0 Å². The average molecular weight is 265 g/mol. The second-order valence-electron chi connectivity index (χ2n) is 4.93. The van der Waals surface area contributed by atoms with Gasteiger partial charge in [0, 0.05) is 25.2 Å². The highest BCUT2D eigenvalue weighted by atomic mass is 16.5. The van der Waals surface area contributed by atoms with Gasteiger partial charge in [-0.05, 0) is 13.0 Å². The summed E-state index contributed by atoms with van der Waals surface area (Å²) in [5.41, 5.74) is -0.450. The number of esters is 1. The van der Waals surface area contributed by atoms with Gasteiger partial charge in [0.25, 0.3) is 0 Å². The summed E-state index contributed by atoms with van der Waals surface area (Å²) in [6, 6.07) is 7.79. The van der Waals surface area contributed by atoms with E-state index in [9.17, 15) is 9.90 Å². The highest BCUT2D eigenvalue weighted by Gasteiger charge is 2.34. The van der Waals surface area contributed by atoms with E-state index in [1.807, 2.05) is 29.2 Å². The zero-order chi connectivity index (χ0) is 13.9. The van der Waals surface area contributed by atoms with Crippen LogP contribution in [0.5, 0.6) is 5.75 Å². The quantitative estimate of drug-likeness (QED) is 0.819. The van der Waals surface area contributed by atoms with E-state index in [2.05, 4.69) is 4.74 Å². The van der Waals surface area contributed by atoms with Crippen molar-refractivity contribution in [3.05, 3.63) is 29.8 Å². The molecule has 0 spiro atoms. The van der Waals surface area contributed by atoms with Crippen molar-refractivity contribution in [2.24, 2.45) is 0 Å². The predicted molar refractivity (Wildman–Crippen MR) is 69.9 cm³/mol. The zero-order valence-corrected chi connectivity index (χ0v) is 11.3. The maximum Gasteiger partial charge on any atom is 0.338 e. The summed E-state index contributed by atoms with van der Waals surface area (Å²) in [6.45, 7) is 3.52. The van der Waals surface area contributed by atoms with Gasteiger partial charge in [0.05, 0.1) is 7.11 Å². The first kappa shape index (κ1) is 13.8. The van der Waals surface area contributed by atoms with E-state index >= 15 is 0 Å². The first-order chi connectivity index (χ1) is 9.03. The third-order valence-corrected chi connectivity index (χ3v) is 3.19. The first-order valence-electron chi connectivity index (χ1n) is 6.27. The molecule has 1 aliphatic rings. The molecule has 0 aliphatic carbocycles. The molecule has 1 unspecified atom stereocenters. The standard InChI is InChI=1S/C14H19NO4/c1-14(17,13(16)18-2)10-15-7-8-19-12-6-4-3-5-11(12)9-15/h3-6,17H,7-10H2,1-2H3. The van der Waals surface area contributed by atoms with E-state index in [0.29, 0.717) is 19.7 Å². The molecule has 1 aromatic carbocycles. The van der Waals surface area contributed by atoms with Crippen LogP contribution in [0.4, 0.5) is 0 Å². The molecular formula is C14H19NO4.